The summed E-state index contributed by atoms with van der Waals surface area (Å²) in [6.45, 7) is 0.903. The molecular formula is C18H24N2O5S. The van der Waals surface area contributed by atoms with Gasteiger partial charge >= 0.3 is 0 Å². The average molecular weight is 380 g/mol. The number of hydrogen-bond donors (Lipinski definition) is 1. The van der Waals surface area contributed by atoms with Crippen LogP contribution >= 0.6 is 0 Å². The molecule has 0 radical (unpaired) electrons. The number of para-hydroxylation sites is 1. The van der Waals surface area contributed by atoms with E-state index < -0.39 is 15.8 Å². The molecule has 2 heterocycles. The molecular weight excluding hydrogens is 356 g/mol. The molecule has 2 fully saturated rings. The molecule has 142 valence electrons. The van der Waals surface area contributed by atoms with Crippen LogP contribution in [0.3, 0.4) is 0 Å². The monoisotopic (exact) mass is 380 g/mol. The Hall–Kier alpha value is -2.09. The van der Waals surface area contributed by atoms with E-state index in [0.29, 0.717) is 25.9 Å². The zero-order valence-electron chi connectivity index (χ0n) is 14.8. The quantitative estimate of drug-likeness (QED) is 0.771. The van der Waals surface area contributed by atoms with Crippen LogP contribution in [-0.4, -0.2) is 62.9 Å². The van der Waals surface area contributed by atoms with Gasteiger partial charge in [0.2, 0.25) is 11.8 Å². The van der Waals surface area contributed by atoms with Gasteiger partial charge in [-0.25, -0.2) is 8.42 Å². The van der Waals surface area contributed by atoms with E-state index in [9.17, 15) is 18.0 Å². The maximum absolute atomic E-state index is 12.4. The number of rotatable bonds is 6. The zero-order chi connectivity index (χ0) is 18.7. The fourth-order valence-corrected chi connectivity index (χ4v) is 5.23. The first-order valence-corrected chi connectivity index (χ1v) is 10.6. The van der Waals surface area contributed by atoms with Crippen LogP contribution in [0.15, 0.2) is 24.3 Å². The number of likely N-dealkylation sites (tertiary alicyclic amines) is 1. The van der Waals surface area contributed by atoms with Gasteiger partial charge in [0.25, 0.3) is 0 Å². The predicted molar refractivity (Wildman–Crippen MR) is 96.6 cm³/mol. The van der Waals surface area contributed by atoms with E-state index in [-0.39, 0.29) is 35.8 Å². The second kappa shape index (κ2) is 7.65. The molecule has 2 aliphatic rings. The Bertz CT molecular complexity index is 793. The van der Waals surface area contributed by atoms with Gasteiger partial charge in [0.05, 0.1) is 24.5 Å². The Morgan fingerprint density at radius 2 is 2.12 bits per heavy atom. The van der Waals surface area contributed by atoms with Crippen LogP contribution in [0.1, 0.15) is 18.4 Å². The maximum Gasteiger partial charge on any atom is 0.225 e. The number of methoxy groups -OCH3 is 1. The highest BCUT2D eigenvalue weighted by Crippen LogP contribution is 2.22. The van der Waals surface area contributed by atoms with Crippen molar-refractivity contribution >= 4 is 21.7 Å². The number of nitrogens with zero attached hydrogens (tertiary/aromatic N) is 1. The predicted octanol–water partition coefficient (Wildman–Crippen LogP) is 0.390. The molecule has 8 heteroatoms. The van der Waals surface area contributed by atoms with Gasteiger partial charge in [-0.3, -0.25) is 9.59 Å². The molecule has 0 bridgehead atoms. The van der Waals surface area contributed by atoms with Gasteiger partial charge in [-0.05, 0) is 24.5 Å². The third-order valence-electron chi connectivity index (χ3n) is 5.01. The van der Waals surface area contributed by atoms with Gasteiger partial charge in [-0.1, -0.05) is 18.2 Å². The lowest BCUT2D eigenvalue weighted by Crippen LogP contribution is -2.40. The zero-order valence-corrected chi connectivity index (χ0v) is 15.6. The van der Waals surface area contributed by atoms with Gasteiger partial charge < -0.3 is 15.0 Å². The number of hydrogen-bond acceptors (Lipinski definition) is 5. The van der Waals surface area contributed by atoms with Crippen molar-refractivity contribution < 1.29 is 22.7 Å². The van der Waals surface area contributed by atoms with E-state index in [1.165, 1.54) is 0 Å². The smallest absolute Gasteiger partial charge is 0.225 e. The normalized spacial score (nSPS) is 24.7. The molecule has 2 atom stereocenters. The molecule has 0 aromatic heterocycles. The summed E-state index contributed by atoms with van der Waals surface area (Å²) in [6, 6.07) is 7.34. The van der Waals surface area contributed by atoms with Crippen molar-refractivity contribution in [3.63, 3.8) is 0 Å². The number of ether oxygens (including phenoxy) is 1. The van der Waals surface area contributed by atoms with E-state index in [0.717, 1.165) is 11.3 Å². The molecule has 2 unspecified atom stereocenters. The summed E-state index contributed by atoms with van der Waals surface area (Å²) in [7, 11) is -1.42. The lowest BCUT2D eigenvalue weighted by Gasteiger charge is -2.18. The highest BCUT2D eigenvalue weighted by Gasteiger charge is 2.36. The topological polar surface area (TPSA) is 92.8 Å². The van der Waals surface area contributed by atoms with Crippen molar-refractivity contribution in [3.8, 4) is 5.75 Å². The van der Waals surface area contributed by atoms with E-state index >= 15 is 0 Å². The SMILES string of the molecule is COc1ccccc1CCN1CC(C(=O)NC2CCS(=O)(=O)C2)CC1=O. The third-order valence-corrected chi connectivity index (χ3v) is 6.78. The molecule has 1 aromatic carbocycles. The van der Waals surface area contributed by atoms with Gasteiger partial charge in [0.1, 0.15) is 5.75 Å². The van der Waals surface area contributed by atoms with E-state index in [1.54, 1.807) is 12.0 Å². The second-order valence-corrected chi connectivity index (χ2v) is 9.14. The molecule has 1 N–H and O–H groups in total. The summed E-state index contributed by atoms with van der Waals surface area (Å²) >= 11 is 0. The summed E-state index contributed by atoms with van der Waals surface area (Å²) in [5.41, 5.74) is 1.02. The molecule has 0 aliphatic carbocycles. The first-order chi connectivity index (χ1) is 12.4. The summed E-state index contributed by atoms with van der Waals surface area (Å²) < 4.78 is 28.3. The number of benzene rings is 1. The second-order valence-electron chi connectivity index (χ2n) is 6.91. The molecule has 2 aliphatic heterocycles. The maximum atomic E-state index is 12.4. The van der Waals surface area contributed by atoms with Crippen LogP contribution in [0, 0.1) is 5.92 Å². The Labute approximate surface area is 153 Å². The number of sulfone groups is 1. The highest BCUT2D eigenvalue weighted by atomic mass is 32.2. The molecule has 0 spiro atoms. The van der Waals surface area contributed by atoms with Crippen molar-refractivity contribution in [2.45, 2.75) is 25.3 Å². The summed E-state index contributed by atoms with van der Waals surface area (Å²) in [4.78, 5) is 26.3. The Morgan fingerprint density at radius 1 is 1.35 bits per heavy atom. The van der Waals surface area contributed by atoms with Crippen LogP contribution in [0.4, 0.5) is 0 Å². The molecule has 7 nitrogen and oxygen atoms in total. The molecule has 26 heavy (non-hydrogen) atoms. The van der Waals surface area contributed by atoms with Crippen molar-refractivity contribution in [2.75, 3.05) is 31.7 Å². The van der Waals surface area contributed by atoms with Crippen LogP contribution < -0.4 is 10.1 Å². The van der Waals surface area contributed by atoms with Crippen molar-refractivity contribution in [1.82, 2.24) is 10.2 Å². The van der Waals surface area contributed by atoms with Crippen LogP contribution in [0.2, 0.25) is 0 Å². The molecule has 2 saturated heterocycles. The Balaban J connectivity index is 1.52. The third kappa shape index (κ3) is 4.35. The fraction of sp³-hybridized carbons (Fsp3) is 0.556. The molecule has 0 saturated carbocycles. The van der Waals surface area contributed by atoms with E-state index in [1.807, 2.05) is 24.3 Å². The van der Waals surface area contributed by atoms with Gasteiger partial charge in [-0.2, -0.15) is 0 Å². The lowest BCUT2D eigenvalue weighted by molar-refractivity contribution is -0.129. The Morgan fingerprint density at radius 3 is 2.81 bits per heavy atom. The van der Waals surface area contributed by atoms with Crippen molar-refractivity contribution in [2.24, 2.45) is 5.92 Å². The molecule has 1 aromatic rings. The standard InChI is InChI=1S/C18H24N2O5S/c1-25-16-5-3-2-4-13(16)6-8-20-11-14(10-17(20)21)18(22)19-15-7-9-26(23,24)12-15/h2-5,14-15H,6-12H2,1H3,(H,19,22). The van der Waals surface area contributed by atoms with Crippen molar-refractivity contribution in [1.29, 1.82) is 0 Å². The minimum atomic E-state index is -3.04. The van der Waals surface area contributed by atoms with Crippen LogP contribution in [0.25, 0.3) is 0 Å². The molecule has 2 amide bonds. The largest absolute Gasteiger partial charge is 0.496 e. The fourth-order valence-electron chi connectivity index (χ4n) is 3.56. The highest BCUT2D eigenvalue weighted by molar-refractivity contribution is 7.91. The summed E-state index contributed by atoms with van der Waals surface area (Å²) in [5.74, 6) is 0.224. The lowest BCUT2D eigenvalue weighted by atomic mass is 10.1. The van der Waals surface area contributed by atoms with Gasteiger partial charge in [-0.15, -0.1) is 0 Å². The first kappa shape index (κ1) is 18.7. The number of amides is 2. The van der Waals surface area contributed by atoms with Crippen molar-refractivity contribution in [3.05, 3.63) is 29.8 Å². The minimum Gasteiger partial charge on any atom is -0.496 e. The summed E-state index contributed by atoms with van der Waals surface area (Å²) in [6.07, 6.45) is 1.29. The van der Waals surface area contributed by atoms with Gasteiger partial charge in [0, 0.05) is 25.6 Å². The average Bonchev–Trinajstić information content (AvgIpc) is 3.15. The number of nitrogens with one attached hydrogen (secondary N) is 1. The van der Waals surface area contributed by atoms with E-state index in [2.05, 4.69) is 5.32 Å². The van der Waals surface area contributed by atoms with Gasteiger partial charge in [0.15, 0.2) is 9.84 Å². The summed E-state index contributed by atoms with van der Waals surface area (Å²) in [5, 5.41) is 2.79. The molecule has 3 rings (SSSR count). The Kier molecular flexibility index (Phi) is 5.50. The first-order valence-electron chi connectivity index (χ1n) is 8.78. The van der Waals surface area contributed by atoms with E-state index in [4.69, 9.17) is 4.74 Å². The number of carbonyl (C=O) groups excluding carboxylic acids is 2. The van der Waals surface area contributed by atoms with Crippen LogP contribution in [-0.2, 0) is 25.8 Å². The van der Waals surface area contributed by atoms with Crippen LogP contribution in [0.5, 0.6) is 5.75 Å². The minimum absolute atomic E-state index is 0.00305. The number of carbonyl (C=O) groups is 2.